The maximum Gasteiger partial charge on any atom is 0.252 e. The van der Waals surface area contributed by atoms with Crippen LogP contribution < -0.4 is 26.2 Å². The zero-order valence-electron chi connectivity index (χ0n) is 59.0. The summed E-state index contributed by atoms with van der Waals surface area (Å²) < 4.78 is 112. The van der Waals surface area contributed by atoms with Crippen LogP contribution in [0.5, 0.6) is 0 Å². The molecule has 0 radical (unpaired) electrons. The van der Waals surface area contributed by atoms with Gasteiger partial charge in [-0.05, 0) is 161 Å². The summed E-state index contributed by atoms with van der Waals surface area (Å²) in [5.74, 6) is 0. The number of aryl methyl sites for hydroxylation is 4. The standard InChI is InChI=1S/C82H59BN4/c1-52-24-21-25-53(2)80(52)64-34-11-19-42-74(64)86-76-48-46-56(58-28-5-13-36-68(58)84-70-38-15-7-30-60(70)61-31-8-16-39-71(61)84)50-66(76)83-67-51-57(59-29-6-14-37-69(59)85-72-40-17-9-32-62(72)63-33-10-18-41-73(63)85)47-49-77(67)87(79-45-23-44-78(86)82(79)83)75-43-20-12-35-65(75)81-54(3)26-22-27-55(81)4/h5-51H,1-4H3/i1D3,2D3,3D3,4D3. The van der Waals surface area contributed by atoms with Crippen molar-refractivity contribution in [3.8, 4) is 55.9 Å². The summed E-state index contributed by atoms with van der Waals surface area (Å²) in [5.41, 5.74) is 16.8. The molecule has 0 saturated heterocycles. The van der Waals surface area contributed by atoms with Gasteiger partial charge in [-0.3, -0.25) is 0 Å². The van der Waals surface area contributed by atoms with Crippen molar-refractivity contribution in [3.05, 3.63) is 307 Å². The van der Waals surface area contributed by atoms with E-state index >= 15 is 0 Å². The Hall–Kier alpha value is -10.9. The summed E-state index contributed by atoms with van der Waals surface area (Å²) in [6, 6.07) is 93.5. The molecule has 0 fully saturated rings. The highest BCUT2D eigenvalue weighted by Crippen LogP contribution is 2.50. The zero-order valence-corrected chi connectivity index (χ0v) is 47.0. The van der Waals surface area contributed by atoms with Crippen molar-refractivity contribution in [3.63, 3.8) is 0 Å². The van der Waals surface area contributed by atoms with Crippen LogP contribution in [0.15, 0.2) is 285 Å². The van der Waals surface area contributed by atoms with Crippen molar-refractivity contribution in [2.45, 2.75) is 27.4 Å². The monoisotopic (exact) mass is 1120 g/mol. The molecular weight excluding hydrogens is 1050 g/mol. The van der Waals surface area contributed by atoms with Gasteiger partial charge >= 0.3 is 0 Å². The Labute approximate surface area is 524 Å². The van der Waals surface area contributed by atoms with E-state index in [-0.39, 0.29) is 33.4 Å². The maximum atomic E-state index is 8.98. The van der Waals surface area contributed by atoms with Crippen molar-refractivity contribution >= 4 is 101 Å². The molecule has 0 amide bonds. The molecule has 15 aromatic rings. The third kappa shape index (κ3) is 7.65. The number of fused-ring (bicyclic) bond motifs is 10. The van der Waals surface area contributed by atoms with E-state index in [1.165, 1.54) is 36.4 Å². The van der Waals surface area contributed by atoms with Gasteiger partial charge in [0.15, 0.2) is 0 Å². The summed E-state index contributed by atoms with van der Waals surface area (Å²) in [4.78, 5) is 4.27. The smallest absolute Gasteiger partial charge is 0.252 e. The van der Waals surface area contributed by atoms with Gasteiger partial charge in [0, 0.05) is 83.0 Å². The van der Waals surface area contributed by atoms with Crippen LogP contribution in [0.1, 0.15) is 38.7 Å². The van der Waals surface area contributed by atoms with Gasteiger partial charge in [0.05, 0.1) is 44.8 Å². The van der Waals surface area contributed by atoms with Crippen LogP contribution in [0, 0.1) is 27.4 Å². The minimum Gasteiger partial charge on any atom is -0.311 e. The number of hydrogen-bond donors (Lipinski definition) is 0. The SMILES string of the molecule is [2H]C([2H])([2H])c1cccc(C([2H])([2H])[2H])c1-c1ccccc1N1c2ccc(-c3ccccc3-n3c4ccccc4c4ccccc43)cc2B2c3cc(-c4ccccc4-n4c5ccccc5c5ccccc54)ccc3N(c3ccccc3-c3c(C([2H])([2H])[2H])cccc3C([2H])([2H])[2H])c3cccc1c32. The first kappa shape index (κ1) is 39.6. The van der Waals surface area contributed by atoms with Crippen LogP contribution in [-0.2, 0) is 0 Å². The summed E-state index contributed by atoms with van der Waals surface area (Å²) >= 11 is 0. The molecule has 0 bridgehead atoms. The number of hydrogen-bond acceptors (Lipinski definition) is 2. The fourth-order valence-corrected chi connectivity index (χ4v) is 14.4. The molecular formula is C82H59BN4. The van der Waals surface area contributed by atoms with Crippen LogP contribution in [0.4, 0.5) is 34.1 Å². The number of aromatic nitrogens is 2. The zero-order chi connectivity index (χ0) is 68.0. The molecule has 2 aromatic heterocycles. The Bertz CT molecular complexity index is 5300. The molecule has 0 aliphatic carbocycles. The Kier molecular flexibility index (Phi) is 9.05. The van der Waals surface area contributed by atoms with Gasteiger partial charge in [0.2, 0.25) is 0 Å². The minimum atomic E-state index is -2.73. The van der Waals surface area contributed by atoms with Gasteiger partial charge in [-0.2, -0.15) is 0 Å². The van der Waals surface area contributed by atoms with E-state index in [4.69, 9.17) is 16.4 Å². The first-order chi connectivity index (χ1) is 47.7. The molecule has 0 atom stereocenters. The lowest BCUT2D eigenvalue weighted by Gasteiger charge is -2.45. The van der Waals surface area contributed by atoms with Gasteiger partial charge in [-0.25, -0.2) is 0 Å². The van der Waals surface area contributed by atoms with Crippen LogP contribution in [0.3, 0.4) is 0 Å². The molecule has 2 aliphatic heterocycles. The van der Waals surface area contributed by atoms with Gasteiger partial charge in [-0.1, -0.05) is 212 Å². The predicted octanol–water partition coefficient (Wildman–Crippen LogP) is 19.9. The molecule has 13 aromatic carbocycles. The van der Waals surface area contributed by atoms with Crippen molar-refractivity contribution in [1.82, 2.24) is 9.13 Å². The summed E-state index contributed by atoms with van der Waals surface area (Å²) in [5, 5.41) is 4.46. The average molecular weight is 1120 g/mol. The largest absolute Gasteiger partial charge is 0.311 e. The lowest BCUT2D eigenvalue weighted by Crippen LogP contribution is -2.61. The highest BCUT2D eigenvalue weighted by atomic mass is 15.2. The first-order valence-corrected chi connectivity index (χ1v) is 29.4. The van der Waals surface area contributed by atoms with E-state index in [0.717, 1.165) is 105 Å². The number of benzene rings is 13. The lowest BCUT2D eigenvalue weighted by atomic mass is 9.33. The molecule has 0 N–H and O–H groups in total. The molecule has 0 spiro atoms. The molecule has 5 heteroatoms. The predicted molar refractivity (Wildman–Crippen MR) is 370 cm³/mol. The maximum absolute atomic E-state index is 8.98. The highest BCUT2D eigenvalue weighted by Gasteiger charge is 2.44. The number of rotatable bonds is 8. The van der Waals surface area contributed by atoms with Crippen LogP contribution in [0.2, 0.25) is 0 Å². The second-order valence-electron chi connectivity index (χ2n) is 22.6. The van der Waals surface area contributed by atoms with Crippen molar-refractivity contribution in [2.75, 3.05) is 9.80 Å². The Morgan fingerprint density at radius 1 is 0.264 bits per heavy atom. The van der Waals surface area contributed by atoms with E-state index in [9.17, 15) is 0 Å². The lowest BCUT2D eigenvalue weighted by molar-refractivity contribution is 1.18. The molecule has 17 rings (SSSR count). The van der Waals surface area contributed by atoms with E-state index in [1.807, 2.05) is 42.5 Å². The number of anilines is 6. The average Bonchev–Trinajstić information content (AvgIpc) is 1.09. The van der Waals surface area contributed by atoms with Gasteiger partial charge in [-0.15, -0.1) is 0 Å². The van der Waals surface area contributed by atoms with Crippen LogP contribution in [0.25, 0.3) is 99.5 Å². The van der Waals surface area contributed by atoms with Crippen molar-refractivity contribution in [2.24, 2.45) is 0 Å². The second-order valence-corrected chi connectivity index (χ2v) is 22.6. The van der Waals surface area contributed by atoms with Gasteiger partial charge in [0.1, 0.15) is 0 Å². The highest BCUT2D eigenvalue weighted by molar-refractivity contribution is 7.00. The minimum absolute atomic E-state index is 0.0868. The molecule has 0 unspecified atom stereocenters. The Balaban J connectivity index is 0.992. The summed E-state index contributed by atoms with van der Waals surface area (Å²) in [6.45, 7) is -11.5. The van der Waals surface area contributed by atoms with E-state index in [2.05, 4.69) is 201 Å². The Morgan fingerprint density at radius 3 is 0.954 bits per heavy atom. The summed E-state index contributed by atoms with van der Waals surface area (Å²) in [6.07, 6.45) is 0. The van der Waals surface area contributed by atoms with E-state index in [0.29, 0.717) is 33.9 Å². The number of para-hydroxylation sites is 8. The third-order valence-corrected chi connectivity index (χ3v) is 18.0. The van der Waals surface area contributed by atoms with E-state index < -0.39 is 34.1 Å². The van der Waals surface area contributed by atoms with Crippen molar-refractivity contribution < 1.29 is 16.4 Å². The molecule has 2 aliphatic rings. The van der Waals surface area contributed by atoms with Crippen LogP contribution in [-0.4, -0.2) is 15.8 Å². The normalized spacial score (nSPS) is 15.1. The van der Waals surface area contributed by atoms with Crippen LogP contribution >= 0.6 is 0 Å². The quantitative estimate of drug-likeness (QED) is 0.141. The van der Waals surface area contributed by atoms with E-state index in [1.54, 1.807) is 24.3 Å². The molecule has 0 saturated carbocycles. The molecule has 87 heavy (non-hydrogen) atoms. The fraction of sp³-hybridized carbons (Fsp3) is 0.0488. The molecule has 4 heterocycles. The Morgan fingerprint density at radius 2 is 0.575 bits per heavy atom. The molecule has 410 valence electrons. The van der Waals surface area contributed by atoms with Gasteiger partial charge in [0.25, 0.3) is 6.71 Å². The fourth-order valence-electron chi connectivity index (χ4n) is 14.4. The topological polar surface area (TPSA) is 16.3 Å². The molecule has 4 nitrogen and oxygen atoms in total. The second kappa shape index (κ2) is 19.9. The summed E-state index contributed by atoms with van der Waals surface area (Å²) in [7, 11) is 0. The first-order valence-electron chi connectivity index (χ1n) is 35.4. The third-order valence-electron chi connectivity index (χ3n) is 18.0. The number of nitrogens with zero attached hydrogens (tertiary/aromatic N) is 4. The van der Waals surface area contributed by atoms with Crippen molar-refractivity contribution in [1.29, 1.82) is 0 Å². The van der Waals surface area contributed by atoms with Gasteiger partial charge < -0.3 is 18.9 Å².